The summed E-state index contributed by atoms with van der Waals surface area (Å²) in [7, 11) is 1.78. The Morgan fingerprint density at radius 3 is 2.78 bits per heavy atom. The van der Waals surface area contributed by atoms with Gasteiger partial charge in [-0.2, -0.15) is 0 Å². The average Bonchev–Trinajstić information content (AvgIpc) is 2.84. The number of halogens is 1. The molecule has 0 aliphatic carbocycles. The second kappa shape index (κ2) is 6.91. The fraction of sp³-hybridized carbons (Fsp3) is 0.688. The maximum absolute atomic E-state index is 12.0. The van der Waals surface area contributed by atoms with E-state index in [1.807, 2.05) is 27.7 Å². The molecule has 1 aliphatic rings. The molecule has 23 heavy (non-hydrogen) atoms. The van der Waals surface area contributed by atoms with Crippen molar-refractivity contribution in [3.63, 3.8) is 0 Å². The molecule has 0 spiro atoms. The van der Waals surface area contributed by atoms with E-state index in [0.29, 0.717) is 23.4 Å². The van der Waals surface area contributed by atoms with Crippen molar-refractivity contribution in [2.24, 2.45) is 5.92 Å². The van der Waals surface area contributed by atoms with E-state index in [1.54, 1.807) is 18.0 Å². The topological polar surface area (TPSA) is 58.6 Å². The third kappa shape index (κ3) is 5.23. The molecule has 6 nitrogen and oxygen atoms in total. The highest BCUT2D eigenvalue weighted by Gasteiger charge is 2.28. The van der Waals surface area contributed by atoms with E-state index in [9.17, 15) is 4.79 Å². The Hall–Kier alpha value is -1.56. The van der Waals surface area contributed by atoms with Gasteiger partial charge in [-0.3, -0.25) is 0 Å². The fourth-order valence-corrected chi connectivity index (χ4v) is 2.89. The predicted octanol–water partition coefficient (Wildman–Crippen LogP) is 3.13. The van der Waals surface area contributed by atoms with Crippen LogP contribution in [0.3, 0.4) is 0 Å². The maximum atomic E-state index is 12.0. The first-order valence-electron chi connectivity index (χ1n) is 7.84. The summed E-state index contributed by atoms with van der Waals surface area (Å²) >= 11 is 6.01. The Kier molecular flexibility index (Phi) is 5.34. The summed E-state index contributed by atoms with van der Waals surface area (Å²) < 4.78 is 5.39. The molecular formula is C16H25ClN4O2. The van der Waals surface area contributed by atoms with Crippen LogP contribution in [0.2, 0.25) is 5.15 Å². The molecule has 2 heterocycles. The Morgan fingerprint density at radius 2 is 2.17 bits per heavy atom. The van der Waals surface area contributed by atoms with E-state index in [1.165, 1.54) is 0 Å². The molecule has 0 saturated carbocycles. The highest BCUT2D eigenvalue weighted by molar-refractivity contribution is 6.29. The third-order valence-electron chi connectivity index (χ3n) is 3.64. The molecule has 128 valence electrons. The van der Waals surface area contributed by atoms with Gasteiger partial charge in [0.25, 0.3) is 0 Å². The molecule has 0 aromatic carbocycles. The van der Waals surface area contributed by atoms with Crippen molar-refractivity contribution >= 4 is 23.5 Å². The molecule has 1 aliphatic heterocycles. The SMILES string of the molecule is Cc1nc(Cl)cc(N2CCC(CN(C)C(=O)OC(C)(C)C)C2)n1. The van der Waals surface area contributed by atoms with Crippen LogP contribution in [0, 0.1) is 12.8 Å². The summed E-state index contributed by atoms with van der Waals surface area (Å²) in [6, 6.07) is 1.79. The zero-order chi connectivity index (χ0) is 17.2. The zero-order valence-corrected chi connectivity index (χ0v) is 15.2. The second-order valence-corrected chi connectivity index (χ2v) is 7.44. The normalized spacial score (nSPS) is 18.2. The number of aryl methyl sites for hydroxylation is 1. The number of carbonyl (C=O) groups excluding carboxylic acids is 1. The quantitative estimate of drug-likeness (QED) is 0.791. The Balaban J connectivity index is 1.91. The highest BCUT2D eigenvalue weighted by atomic mass is 35.5. The van der Waals surface area contributed by atoms with Crippen LogP contribution in [-0.2, 0) is 4.74 Å². The number of rotatable bonds is 3. The lowest BCUT2D eigenvalue weighted by atomic mass is 10.1. The van der Waals surface area contributed by atoms with Gasteiger partial charge in [0.1, 0.15) is 22.4 Å². The minimum atomic E-state index is -0.470. The van der Waals surface area contributed by atoms with E-state index in [2.05, 4.69) is 14.9 Å². The van der Waals surface area contributed by atoms with Crippen LogP contribution in [0.1, 0.15) is 33.0 Å². The molecule has 7 heteroatoms. The summed E-state index contributed by atoms with van der Waals surface area (Å²) in [4.78, 5) is 24.4. The molecule has 1 unspecified atom stereocenters. The third-order valence-corrected chi connectivity index (χ3v) is 3.83. The molecule has 0 N–H and O–H groups in total. The number of hydrogen-bond acceptors (Lipinski definition) is 5. The van der Waals surface area contributed by atoms with Crippen LogP contribution in [0.4, 0.5) is 10.6 Å². The molecule has 0 bridgehead atoms. The summed E-state index contributed by atoms with van der Waals surface area (Å²) in [6.07, 6.45) is 0.727. The summed E-state index contributed by atoms with van der Waals surface area (Å²) in [6.45, 7) is 9.87. The minimum absolute atomic E-state index is 0.281. The first kappa shape index (κ1) is 17.8. The zero-order valence-electron chi connectivity index (χ0n) is 14.5. The van der Waals surface area contributed by atoms with E-state index in [4.69, 9.17) is 16.3 Å². The average molecular weight is 341 g/mol. The minimum Gasteiger partial charge on any atom is -0.444 e. The molecule has 0 radical (unpaired) electrons. The van der Waals surface area contributed by atoms with Gasteiger partial charge in [-0.25, -0.2) is 14.8 Å². The smallest absolute Gasteiger partial charge is 0.410 e. The van der Waals surface area contributed by atoms with Gasteiger partial charge in [-0.05, 0) is 40.0 Å². The van der Waals surface area contributed by atoms with Gasteiger partial charge in [-0.1, -0.05) is 11.6 Å². The van der Waals surface area contributed by atoms with Gasteiger partial charge < -0.3 is 14.5 Å². The van der Waals surface area contributed by atoms with Gasteiger partial charge in [0.05, 0.1) is 0 Å². The van der Waals surface area contributed by atoms with E-state index < -0.39 is 5.60 Å². The van der Waals surface area contributed by atoms with Crippen LogP contribution < -0.4 is 4.90 Å². The van der Waals surface area contributed by atoms with Crippen molar-refractivity contribution in [2.75, 3.05) is 31.6 Å². The lowest BCUT2D eigenvalue weighted by Crippen LogP contribution is -2.37. The van der Waals surface area contributed by atoms with Crippen molar-refractivity contribution in [1.82, 2.24) is 14.9 Å². The molecular weight excluding hydrogens is 316 g/mol. The number of nitrogens with zero attached hydrogens (tertiary/aromatic N) is 4. The molecule has 1 fully saturated rings. The van der Waals surface area contributed by atoms with E-state index >= 15 is 0 Å². The molecule has 1 saturated heterocycles. The van der Waals surface area contributed by atoms with Crippen molar-refractivity contribution in [3.05, 3.63) is 17.0 Å². The van der Waals surface area contributed by atoms with Crippen LogP contribution >= 0.6 is 11.6 Å². The summed E-state index contributed by atoms with van der Waals surface area (Å²) in [5.74, 6) is 1.91. The molecule has 2 rings (SSSR count). The van der Waals surface area contributed by atoms with Gasteiger partial charge >= 0.3 is 6.09 Å². The summed E-state index contributed by atoms with van der Waals surface area (Å²) in [5.41, 5.74) is -0.470. The monoisotopic (exact) mass is 340 g/mol. The van der Waals surface area contributed by atoms with Gasteiger partial charge in [0, 0.05) is 32.7 Å². The lowest BCUT2D eigenvalue weighted by molar-refractivity contribution is 0.0277. The Labute approximate surface area is 142 Å². The van der Waals surface area contributed by atoms with E-state index in [0.717, 1.165) is 25.3 Å². The number of carbonyl (C=O) groups is 1. The van der Waals surface area contributed by atoms with Crippen molar-refractivity contribution in [3.8, 4) is 0 Å². The number of amides is 1. The number of aromatic nitrogens is 2. The highest BCUT2D eigenvalue weighted by Crippen LogP contribution is 2.24. The van der Waals surface area contributed by atoms with Crippen molar-refractivity contribution < 1.29 is 9.53 Å². The van der Waals surface area contributed by atoms with Crippen molar-refractivity contribution in [1.29, 1.82) is 0 Å². The van der Waals surface area contributed by atoms with Crippen LogP contribution in [0.5, 0.6) is 0 Å². The first-order chi connectivity index (χ1) is 10.6. The largest absolute Gasteiger partial charge is 0.444 e. The lowest BCUT2D eigenvalue weighted by Gasteiger charge is -2.26. The molecule has 1 aromatic heterocycles. The number of hydrogen-bond donors (Lipinski definition) is 0. The first-order valence-corrected chi connectivity index (χ1v) is 8.22. The molecule has 1 atom stereocenters. The van der Waals surface area contributed by atoms with Gasteiger partial charge in [0.15, 0.2) is 0 Å². The molecule has 1 amide bonds. The van der Waals surface area contributed by atoms with E-state index in [-0.39, 0.29) is 6.09 Å². The maximum Gasteiger partial charge on any atom is 0.410 e. The second-order valence-electron chi connectivity index (χ2n) is 7.06. The Morgan fingerprint density at radius 1 is 1.48 bits per heavy atom. The van der Waals surface area contributed by atoms with Crippen molar-refractivity contribution in [2.45, 2.75) is 39.7 Å². The van der Waals surface area contributed by atoms with Crippen LogP contribution in [0.25, 0.3) is 0 Å². The van der Waals surface area contributed by atoms with Gasteiger partial charge in [0.2, 0.25) is 0 Å². The van der Waals surface area contributed by atoms with Gasteiger partial charge in [-0.15, -0.1) is 0 Å². The fourth-order valence-electron chi connectivity index (χ4n) is 2.67. The predicted molar refractivity (Wildman–Crippen MR) is 91.0 cm³/mol. The number of ether oxygens (including phenoxy) is 1. The Bertz CT molecular complexity index is 553. The molecule has 1 aromatic rings. The van der Waals surface area contributed by atoms with Crippen LogP contribution in [0.15, 0.2) is 6.07 Å². The number of anilines is 1. The standard InChI is InChI=1S/C16H25ClN4O2/c1-11-18-13(17)8-14(19-11)21-7-6-12(10-21)9-20(5)15(22)23-16(2,3)4/h8,12H,6-7,9-10H2,1-5H3. The summed E-state index contributed by atoms with van der Waals surface area (Å²) in [5, 5.41) is 0.460. The van der Waals surface area contributed by atoms with Crippen LogP contribution in [-0.4, -0.2) is 53.2 Å².